The van der Waals surface area contributed by atoms with Gasteiger partial charge in [-0.1, -0.05) is 72.8 Å². The Kier molecular flexibility index (Phi) is 7.38. The van der Waals surface area contributed by atoms with Crippen LogP contribution in [-0.4, -0.2) is 19.9 Å². The van der Waals surface area contributed by atoms with E-state index >= 15 is 0 Å². The van der Waals surface area contributed by atoms with E-state index in [0.29, 0.717) is 5.82 Å². The number of nitrogens with zero attached hydrogens (tertiary/aromatic N) is 4. The molecule has 0 fully saturated rings. The summed E-state index contributed by atoms with van der Waals surface area (Å²) in [5, 5.41) is 4.34. The first-order valence-electron chi connectivity index (χ1n) is 18.5. The number of hydrogen-bond acceptors (Lipinski definition) is 6. The van der Waals surface area contributed by atoms with Crippen LogP contribution in [0.15, 0.2) is 191 Å². The largest absolute Gasteiger partial charge is 0.456 e. The monoisotopic (exact) mass is 718 g/mol. The molecule has 6 heteroatoms. The molecule has 0 aliphatic heterocycles. The van der Waals surface area contributed by atoms with Gasteiger partial charge in [-0.05, 0) is 113 Å². The predicted octanol–water partition coefficient (Wildman–Crippen LogP) is 13.1. The normalized spacial score (nSPS) is 11.6. The molecule has 0 saturated carbocycles. The second-order valence-corrected chi connectivity index (χ2v) is 13.9. The van der Waals surface area contributed by atoms with Gasteiger partial charge in [0.05, 0.1) is 11.4 Å². The van der Waals surface area contributed by atoms with Gasteiger partial charge in [0.25, 0.3) is 0 Å². The van der Waals surface area contributed by atoms with E-state index in [4.69, 9.17) is 18.8 Å². The summed E-state index contributed by atoms with van der Waals surface area (Å²) < 4.78 is 12.4. The lowest BCUT2D eigenvalue weighted by atomic mass is 9.93. The lowest BCUT2D eigenvalue weighted by Crippen LogP contribution is -1.97. The lowest BCUT2D eigenvalue weighted by Gasteiger charge is -2.14. The molecule has 0 N–H and O–H groups in total. The molecule has 0 atom stereocenters. The van der Waals surface area contributed by atoms with Crippen LogP contribution in [0.5, 0.6) is 0 Å². The summed E-state index contributed by atoms with van der Waals surface area (Å²) in [4.78, 5) is 19.2. The summed E-state index contributed by atoms with van der Waals surface area (Å²) in [7, 11) is 0. The van der Waals surface area contributed by atoms with E-state index in [0.717, 1.165) is 105 Å². The fourth-order valence-corrected chi connectivity index (χ4v) is 7.68. The van der Waals surface area contributed by atoms with Crippen LogP contribution < -0.4 is 0 Å². The van der Waals surface area contributed by atoms with Crippen LogP contribution in [0.1, 0.15) is 0 Å². The summed E-state index contributed by atoms with van der Waals surface area (Å²) in [6.45, 7) is 0. The highest BCUT2D eigenvalue weighted by atomic mass is 16.3. The molecule has 0 amide bonds. The van der Waals surface area contributed by atoms with E-state index in [-0.39, 0.29) is 0 Å². The third-order valence-electron chi connectivity index (χ3n) is 10.4. The fourth-order valence-electron chi connectivity index (χ4n) is 7.68. The number of pyridine rings is 2. The molecule has 0 spiro atoms. The standard InChI is InChI=1S/C50H30N4O2/c1-3-14-46-40(12-1)42-26-32(16-18-48(42)55-46)37-23-38(33-17-19-49-43(27-33)41-13-2-4-15-47(41)56-49)25-39(24-37)45-28-44(36-11-7-21-52-30-36)53-50(54-45)34-9-5-8-31(22-34)35-10-6-20-51-29-35/h1-30H. The average molecular weight is 719 g/mol. The molecule has 6 nitrogen and oxygen atoms in total. The van der Waals surface area contributed by atoms with Crippen LogP contribution in [0.3, 0.4) is 0 Å². The lowest BCUT2D eigenvalue weighted by molar-refractivity contribution is 0.668. The van der Waals surface area contributed by atoms with Crippen molar-refractivity contribution >= 4 is 43.9 Å². The SMILES string of the molecule is c1cncc(-c2cccc(-c3nc(-c4cccnc4)cc(-c4cc(-c5ccc6oc7ccccc7c6c5)cc(-c5ccc6oc7ccccc7c6c5)c4)n3)c2)c1. The fraction of sp³-hybridized carbons (Fsp3) is 0. The van der Waals surface area contributed by atoms with Crippen molar-refractivity contribution in [3.05, 3.63) is 183 Å². The van der Waals surface area contributed by atoms with E-state index in [1.165, 1.54) is 0 Å². The van der Waals surface area contributed by atoms with Gasteiger partial charge in [0, 0.05) is 68.6 Å². The van der Waals surface area contributed by atoms with Crippen LogP contribution in [-0.2, 0) is 0 Å². The topological polar surface area (TPSA) is 77.8 Å². The maximum Gasteiger partial charge on any atom is 0.160 e. The summed E-state index contributed by atoms with van der Waals surface area (Å²) in [6, 6.07) is 54.3. The van der Waals surface area contributed by atoms with Crippen molar-refractivity contribution in [1.82, 2.24) is 19.9 Å². The second-order valence-electron chi connectivity index (χ2n) is 13.9. The molecule has 56 heavy (non-hydrogen) atoms. The molecule has 0 bridgehead atoms. The average Bonchev–Trinajstić information content (AvgIpc) is 3.84. The van der Waals surface area contributed by atoms with Gasteiger partial charge >= 0.3 is 0 Å². The van der Waals surface area contributed by atoms with Crippen molar-refractivity contribution in [2.45, 2.75) is 0 Å². The Morgan fingerprint density at radius 1 is 0.304 bits per heavy atom. The molecule has 0 unspecified atom stereocenters. The number of rotatable bonds is 6. The molecule has 5 heterocycles. The molecule has 5 aromatic heterocycles. The Balaban J connectivity index is 1.13. The van der Waals surface area contributed by atoms with Gasteiger partial charge in [0.1, 0.15) is 22.3 Å². The van der Waals surface area contributed by atoms with E-state index in [1.54, 1.807) is 12.4 Å². The number of benzene rings is 6. The summed E-state index contributed by atoms with van der Waals surface area (Å²) in [5.74, 6) is 0.622. The number of furan rings is 2. The van der Waals surface area contributed by atoms with Gasteiger partial charge in [-0.25, -0.2) is 9.97 Å². The highest BCUT2D eigenvalue weighted by Gasteiger charge is 2.17. The number of fused-ring (bicyclic) bond motifs is 6. The second kappa shape index (κ2) is 13.0. The number of para-hydroxylation sites is 2. The first-order chi connectivity index (χ1) is 27.7. The van der Waals surface area contributed by atoms with Crippen molar-refractivity contribution in [1.29, 1.82) is 0 Å². The van der Waals surface area contributed by atoms with Gasteiger partial charge < -0.3 is 8.83 Å². The molecular formula is C50H30N4O2. The summed E-state index contributed by atoms with van der Waals surface area (Å²) in [6.07, 6.45) is 7.28. The van der Waals surface area contributed by atoms with Crippen molar-refractivity contribution in [3.63, 3.8) is 0 Å². The first-order valence-corrected chi connectivity index (χ1v) is 18.5. The Morgan fingerprint density at radius 3 is 1.39 bits per heavy atom. The summed E-state index contributed by atoms with van der Waals surface area (Å²) >= 11 is 0. The maximum absolute atomic E-state index is 6.21. The van der Waals surface area contributed by atoms with Crippen LogP contribution in [0, 0.1) is 0 Å². The minimum absolute atomic E-state index is 0.622. The minimum Gasteiger partial charge on any atom is -0.456 e. The first kappa shape index (κ1) is 31.8. The van der Waals surface area contributed by atoms with Crippen LogP contribution in [0.2, 0.25) is 0 Å². The van der Waals surface area contributed by atoms with Gasteiger partial charge in [-0.15, -0.1) is 0 Å². The Hall–Kier alpha value is -7.70. The third-order valence-corrected chi connectivity index (χ3v) is 10.4. The van der Waals surface area contributed by atoms with Crippen molar-refractivity contribution < 1.29 is 8.83 Å². The van der Waals surface area contributed by atoms with E-state index in [9.17, 15) is 0 Å². The third kappa shape index (κ3) is 5.60. The summed E-state index contributed by atoms with van der Waals surface area (Å²) in [5.41, 5.74) is 14.2. The Labute approximate surface area is 321 Å². The predicted molar refractivity (Wildman–Crippen MR) is 225 cm³/mol. The van der Waals surface area contributed by atoms with E-state index < -0.39 is 0 Å². The highest BCUT2D eigenvalue weighted by molar-refractivity contribution is 6.07. The molecule has 0 saturated heterocycles. The van der Waals surface area contributed by atoms with Gasteiger partial charge in [0.2, 0.25) is 0 Å². The van der Waals surface area contributed by atoms with Gasteiger partial charge in [-0.3, -0.25) is 9.97 Å². The Morgan fingerprint density at radius 2 is 0.786 bits per heavy atom. The van der Waals surface area contributed by atoms with Gasteiger partial charge in [-0.2, -0.15) is 0 Å². The van der Waals surface area contributed by atoms with Gasteiger partial charge in [0.15, 0.2) is 5.82 Å². The number of hydrogen-bond donors (Lipinski definition) is 0. The molecule has 0 radical (unpaired) electrons. The smallest absolute Gasteiger partial charge is 0.160 e. The highest BCUT2D eigenvalue weighted by Crippen LogP contribution is 2.39. The quantitative estimate of drug-likeness (QED) is 0.170. The van der Waals surface area contributed by atoms with Crippen LogP contribution in [0.4, 0.5) is 0 Å². The molecule has 6 aromatic carbocycles. The van der Waals surface area contributed by atoms with Crippen molar-refractivity contribution in [2.24, 2.45) is 0 Å². The zero-order chi connectivity index (χ0) is 37.0. The minimum atomic E-state index is 0.622. The molecule has 0 aliphatic carbocycles. The Bertz CT molecular complexity index is 3130. The van der Waals surface area contributed by atoms with Crippen LogP contribution >= 0.6 is 0 Å². The van der Waals surface area contributed by atoms with Crippen molar-refractivity contribution in [2.75, 3.05) is 0 Å². The molecule has 0 aliphatic rings. The maximum atomic E-state index is 6.21. The molecular weight excluding hydrogens is 689 g/mol. The molecule has 11 aromatic rings. The van der Waals surface area contributed by atoms with E-state index in [1.807, 2.05) is 60.9 Å². The molecule has 262 valence electrons. The zero-order valence-corrected chi connectivity index (χ0v) is 29.9. The zero-order valence-electron chi connectivity index (χ0n) is 29.9. The van der Waals surface area contributed by atoms with Crippen LogP contribution in [0.25, 0.3) is 111 Å². The van der Waals surface area contributed by atoms with Crippen molar-refractivity contribution in [3.8, 4) is 67.3 Å². The number of aromatic nitrogens is 4. The molecule has 11 rings (SSSR count). The van der Waals surface area contributed by atoms with E-state index in [2.05, 4.69) is 119 Å².